The van der Waals surface area contributed by atoms with E-state index in [0.29, 0.717) is 12.3 Å². The van der Waals surface area contributed by atoms with Gasteiger partial charge in [0.2, 0.25) is 0 Å². The first kappa shape index (κ1) is 17.1. The van der Waals surface area contributed by atoms with E-state index < -0.39 is 16.6 Å². The second kappa shape index (κ2) is 7.32. The van der Waals surface area contributed by atoms with Gasteiger partial charge in [0.25, 0.3) is 0 Å². The highest BCUT2D eigenvalue weighted by Gasteiger charge is 2.40. The molecule has 0 aliphatic carbocycles. The summed E-state index contributed by atoms with van der Waals surface area (Å²) in [5.74, 6) is 0.303. The maximum atomic E-state index is 12.2. The van der Waals surface area contributed by atoms with Gasteiger partial charge in [-0.15, -0.1) is 0 Å². The van der Waals surface area contributed by atoms with Crippen molar-refractivity contribution >= 4 is 11.1 Å². The van der Waals surface area contributed by atoms with Crippen molar-refractivity contribution in [1.82, 2.24) is 4.90 Å². The molecule has 1 saturated heterocycles. The van der Waals surface area contributed by atoms with Crippen molar-refractivity contribution in [3.8, 4) is 11.5 Å². The van der Waals surface area contributed by atoms with Crippen LogP contribution in [0.15, 0.2) is 18.2 Å². The average molecular weight is 337 g/mol. The molecule has 8 heteroatoms. The van der Waals surface area contributed by atoms with Gasteiger partial charge in [0.1, 0.15) is 11.5 Å². The molecule has 0 saturated carbocycles. The summed E-state index contributed by atoms with van der Waals surface area (Å²) >= 11 is -3.38. The molecule has 1 aromatic rings. The summed E-state index contributed by atoms with van der Waals surface area (Å²) in [5, 5.41) is 0. The number of nitrogens with zero attached hydrogens (tertiary/aromatic N) is 1. The second-order valence-electron chi connectivity index (χ2n) is 5.07. The zero-order valence-electron chi connectivity index (χ0n) is 12.2. The third kappa shape index (κ3) is 4.61. The first-order valence-electron chi connectivity index (χ1n) is 6.96. The number of likely N-dealkylation sites (tertiary alicyclic amines) is 1. The van der Waals surface area contributed by atoms with E-state index in [2.05, 4.69) is 9.08 Å². The van der Waals surface area contributed by atoms with Crippen LogP contribution >= 0.6 is 0 Å². The van der Waals surface area contributed by atoms with Gasteiger partial charge in [0.05, 0.1) is 7.11 Å². The molecular formula is C14H18F3NO3S. The topological polar surface area (TPSA) is 38.8 Å². The molecule has 0 N–H and O–H groups in total. The van der Waals surface area contributed by atoms with E-state index in [0.717, 1.165) is 31.5 Å². The SMILES string of the molecule is COc1cc(OS(=O)C(F)(F)F)ccc1CN1CCCCC1. The van der Waals surface area contributed by atoms with Crippen molar-refractivity contribution in [3.05, 3.63) is 23.8 Å². The van der Waals surface area contributed by atoms with Gasteiger partial charge in [-0.1, -0.05) is 12.5 Å². The molecule has 2 rings (SSSR count). The quantitative estimate of drug-likeness (QED) is 0.827. The van der Waals surface area contributed by atoms with Crippen LogP contribution in [0, 0.1) is 0 Å². The van der Waals surface area contributed by atoms with Crippen LogP contribution in [-0.2, 0) is 17.6 Å². The van der Waals surface area contributed by atoms with Crippen molar-refractivity contribution in [2.24, 2.45) is 0 Å². The number of hydrogen-bond donors (Lipinski definition) is 0. The van der Waals surface area contributed by atoms with E-state index in [9.17, 15) is 17.4 Å². The molecule has 0 amide bonds. The molecule has 1 aliphatic rings. The van der Waals surface area contributed by atoms with E-state index in [-0.39, 0.29) is 5.75 Å². The molecule has 1 aliphatic heterocycles. The van der Waals surface area contributed by atoms with Crippen molar-refractivity contribution in [2.45, 2.75) is 31.3 Å². The molecule has 22 heavy (non-hydrogen) atoms. The number of ether oxygens (including phenoxy) is 1. The minimum Gasteiger partial charge on any atom is -0.496 e. The summed E-state index contributed by atoms with van der Waals surface area (Å²) in [4.78, 5) is 2.27. The number of rotatable bonds is 5. The fourth-order valence-electron chi connectivity index (χ4n) is 2.40. The van der Waals surface area contributed by atoms with E-state index in [1.165, 1.54) is 25.7 Å². The van der Waals surface area contributed by atoms with Crippen LogP contribution in [0.25, 0.3) is 0 Å². The number of halogens is 3. The van der Waals surface area contributed by atoms with Crippen molar-refractivity contribution in [1.29, 1.82) is 0 Å². The Kier molecular flexibility index (Phi) is 5.69. The highest BCUT2D eigenvalue weighted by atomic mass is 32.2. The molecular weight excluding hydrogens is 319 g/mol. The maximum absolute atomic E-state index is 12.2. The van der Waals surface area contributed by atoms with Crippen LogP contribution in [0.3, 0.4) is 0 Å². The molecule has 1 fully saturated rings. The Hall–Kier alpha value is -1.28. The molecule has 0 bridgehead atoms. The number of methoxy groups -OCH3 is 1. The number of piperidine rings is 1. The minimum absolute atomic E-state index is 0.130. The number of benzene rings is 1. The lowest BCUT2D eigenvalue weighted by molar-refractivity contribution is -0.0437. The monoisotopic (exact) mass is 337 g/mol. The van der Waals surface area contributed by atoms with Gasteiger partial charge < -0.3 is 8.92 Å². The standard InChI is InChI=1S/C14H18F3NO3S/c1-20-13-9-12(21-22(19)14(15,16)17)6-5-11(13)10-18-7-3-2-4-8-18/h5-6,9H,2-4,7-8,10H2,1H3. The van der Waals surface area contributed by atoms with Gasteiger partial charge in [0, 0.05) is 18.2 Å². The average Bonchev–Trinajstić information content (AvgIpc) is 2.48. The normalized spacial score (nSPS) is 18.0. The summed E-state index contributed by atoms with van der Waals surface area (Å²) in [7, 11) is 1.44. The maximum Gasteiger partial charge on any atom is 0.508 e. The fraction of sp³-hybridized carbons (Fsp3) is 0.571. The molecule has 1 aromatic carbocycles. The Morgan fingerprint density at radius 3 is 2.50 bits per heavy atom. The molecule has 4 nitrogen and oxygen atoms in total. The lowest BCUT2D eigenvalue weighted by Gasteiger charge is -2.27. The Labute approximate surface area is 129 Å². The van der Waals surface area contributed by atoms with E-state index in [4.69, 9.17) is 4.74 Å². The predicted molar refractivity (Wildman–Crippen MR) is 76.9 cm³/mol. The van der Waals surface area contributed by atoms with Crippen LogP contribution in [0.2, 0.25) is 0 Å². The molecule has 124 valence electrons. The van der Waals surface area contributed by atoms with Gasteiger partial charge >= 0.3 is 16.6 Å². The zero-order chi connectivity index (χ0) is 16.2. The lowest BCUT2D eigenvalue weighted by atomic mass is 10.1. The second-order valence-corrected chi connectivity index (χ2v) is 6.17. The third-order valence-corrected chi connectivity index (χ3v) is 4.18. The first-order valence-corrected chi connectivity index (χ1v) is 8.04. The van der Waals surface area contributed by atoms with E-state index in [1.807, 2.05) is 0 Å². The van der Waals surface area contributed by atoms with Crippen molar-refractivity contribution in [3.63, 3.8) is 0 Å². The summed E-state index contributed by atoms with van der Waals surface area (Å²) < 4.78 is 57.3. The molecule has 0 aromatic heterocycles. The van der Waals surface area contributed by atoms with Crippen LogP contribution < -0.4 is 8.92 Å². The molecule has 0 spiro atoms. The van der Waals surface area contributed by atoms with Crippen LogP contribution in [0.5, 0.6) is 11.5 Å². The van der Waals surface area contributed by atoms with Crippen LogP contribution in [0.1, 0.15) is 24.8 Å². The van der Waals surface area contributed by atoms with Crippen LogP contribution in [-0.4, -0.2) is 34.8 Å². The van der Waals surface area contributed by atoms with Crippen molar-refractivity contribution in [2.75, 3.05) is 20.2 Å². The van der Waals surface area contributed by atoms with Crippen LogP contribution in [0.4, 0.5) is 13.2 Å². The number of hydrogen-bond acceptors (Lipinski definition) is 4. The Morgan fingerprint density at radius 1 is 1.23 bits per heavy atom. The van der Waals surface area contributed by atoms with Gasteiger partial charge in [-0.25, -0.2) is 4.21 Å². The Bertz CT molecular complexity index is 531. The first-order chi connectivity index (χ1) is 10.4. The van der Waals surface area contributed by atoms with E-state index in [1.54, 1.807) is 6.07 Å². The van der Waals surface area contributed by atoms with Gasteiger partial charge in [-0.05, 0) is 32.0 Å². The largest absolute Gasteiger partial charge is 0.508 e. The summed E-state index contributed by atoms with van der Waals surface area (Å²) in [6.45, 7) is 2.67. The molecule has 1 atom stereocenters. The third-order valence-electron chi connectivity index (χ3n) is 3.46. The van der Waals surface area contributed by atoms with Gasteiger partial charge in [-0.3, -0.25) is 4.90 Å². The molecule has 1 heterocycles. The lowest BCUT2D eigenvalue weighted by Crippen LogP contribution is -2.29. The summed E-state index contributed by atoms with van der Waals surface area (Å²) in [6.07, 6.45) is 3.52. The smallest absolute Gasteiger partial charge is 0.496 e. The number of alkyl halides is 3. The summed E-state index contributed by atoms with van der Waals surface area (Å²) in [6, 6.07) is 4.37. The Morgan fingerprint density at radius 2 is 1.91 bits per heavy atom. The van der Waals surface area contributed by atoms with Gasteiger partial charge in [0.15, 0.2) is 0 Å². The van der Waals surface area contributed by atoms with E-state index >= 15 is 0 Å². The van der Waals surface area contributed by atoms with Crippen molar-refractivity contribution < 1.29 is 26.3 Å². The minimum atomic E-state index is -4.90. The fourth-order valence-corrected chi connectivity index (χ4v) is 2.77. The molecule has 0 radical (unpaired) electrons. The summed E-state index contributed by atoms with van der Waals surface area (Å²) in [5.41, 5.74) is -4.03. The predicted octanol–water partition coefficient (Wildman–Crippen LogP) is 3.24. The molecule has 1 unspecified atom stereocenters. The Balaban J connectivity index is 2.08. The zero-order valence-corrected chi connectivity index (χ0v) is 13.0. The van der Waals surface area contributed by atoms with Gasteiger partial charge in [-0.2, -0.15) is 13.2 Å². The highest BCUT2D eigenvalue weighted by Crippen LogP contribution is 2.29. The highest BCUT2D eigenvalue weighted by molar-refractivity contribution is 7.81.